The highest BCUT2D eigenvalue weighted by Crippen LogP contribution is 2.43. The number of nitrogens with zero attached hydrogens (tertiary/aromatic N) is 3. The lowest BCUT2D eigenvalue weighted by molar-refractivity contribution is 0.583. The maximum Gasteiger partial charge on any atom is 0.126 e. The molecule has 0 spiro atoms. The predicted molar refractivity (Wildman–Crippen MR) is 196 cm³/mol. The summed E-state index contributed by atoms with van der Waals surface area (Å²) in [5, 5.41) is 0. The van der Waals surface area contributed by atoms with Crippen LogP contribution in [0.1, 0.15) is 0 Å². The minimum Gasteiger partial charge on any atom is -0.308 e. The van der Waals surface area contributed by atoms with E-state index in [-0.39, 0.29) is 0 Å². The van der Waals surface area contributed by atoms with Gasteiger partial charge in [0.25, 0.3) is 0 Å². The first-order valence-corrected chi connectivity index (χ1v) is 16.2. The molecule has 0 bridgehead atoms. The van der Waals surface area contributed by atoms with Gasteiger partial charge in [-0.25, -0.2) is 22.5 Å². The second kappa shape index (κ2) is 13.4. The van der Waals surface area contributed by atoms with E-state index >= 15 is 0 Å². The average molecular weight is 674 g/mol. The number of hydrogen-bond acceptors (Lipinski definition) is 3. The van der Waals surface area contributed by atoms with Crippen LogP contribution in [0.25, 0.3) is 55.7 Å². The second-order valence-electron chi connectivity index (χ2n) is 12.1. The lowest BCUT2D eigenvalue weighted by atomic mass is 9.99. The summed E-state index contributed by atoms with van der Waals surface area (Å²) in [5.74, 6) is -2.75. The molecule has 2 aromatic heterocycles. The van der Waals surface area contributed by atoms with Crippen molar-refractivity contribution in [3.8, 4) is 44.6 Å². The van der Waals surface area contributed by atoms with Gasteiger partial charge in [-0.1, -0.05) is 84.9 Å². The molecule has 0 N–H and O–H groups in total. The molecule has 246 valence electrons. The quantitative estimate of drug-likeness (QED) is 0.158. The van der Waals surface area contributed by atoms with Crippen LogP contribution in [0.3, 0.4) is 0 Å². The topological polar surface area (TPSA) is 29.0 Å². The molecule has 0 saturated carbocycles. The van der Waals surface area contributed by atoms with E-state index in [1.165, 1.54) is 24.3 Å². The van der Waals surface area contributed by atoms with Gasteiger partial charge in [0.2, 0.25) is 0 Å². The Balaban J connectivity index is 1.40. The molecule has 7 heteroatoms. The van der Waals surface area contributed by atoms with Gasteiger partial charge >= 0.3 is 0 Å². The molecule has 0 saturated heterocycles. The highest BCUT2D eigenvalue weighted by molar-refractivity contribution is 6.02. The zero-order chi connectivity index (χ0) is 34.9. The predicted octanol–water partition coefficient (Wildman–Crippen LogP) is 12.3. The molecule has 3 nitrogen and oxygen atoms in total. The highest BCUT2D eigenvalue weighted by Gasteiger charge is 2.21. The first-order valence-electron chi connectivity index (χ1n) is 16.2. The van der Waals surface area contributed by atoms with Crippen molar-refractivity contribution in [1.29, 1.82) is 0 Å². The molecule has 0 atom stereocenters. The second-order valence-corrected chi connectivity index (χ2v) is 12.1. The molecule has 0 aliphatic rings. The average Bonchev–Trinajstić information content (AvgIpc) is 3.15. The Hall–Kier alpha value is -6.60. The minimum absolute atomic E-state index is 0.369. The Labute approximate surface area is 291 Å². The summed E-state index contributed by atoms with van der Waals surface area (Å²) >= 11 is 0. The number of benzene rings is 6. The van der Waals surface area contributed by atoms with Crippen LogP contribution in [0.5, 0.6) is 0 Å². The van der Waals surface area contributed by atoms with Crippen molar-refractivity contribution in [2.24, 2.45) is 0 Å². The van der Waals surface area contributed by atoms with Gasteiger partial charge in [-0.3, -0.25) is 4.98 Å². The summed E-state index contributed by atoms with van der Waals surface area (Å²) in [6.07, 6.45) is 1.72. The maximum absolute atomic E-state index is 14.4. The fourth-order valence-corrected chi connectivity index (χ4v) is 6.40. The highest BCUT2D eigenvalue weighted by atomic mass is 19.1. The van der Waals surface area contributed by atoms with Gasteiger partial charge in [0.05, 0.1) is 16.9 Å². The van der Waals surface area contributed by atoms with E-state index in [2.05, 4.69) is 0 Å². The van der Waals surface area contributed by atoms with Crippen LogP contribution < -0.4 is 4.90 Å². The Morgan fingerprint density at radius 2 is 0.882 bits per heavy atom. The molecule has 8 rings (SSSR count). The molecular weight excluding hydrogens is 646 g/mol. The van der Waals surface area contributed by atoms with Crippen molar-refractivity contribution < 1.29 is 17.6 Å². The van der Waals surface area contributed by atoms with Crippen LogP contribution in [0.4, 0.5) is 34.6 Å². The Kier molecular flexibility index (Phi) is 8.30. The van der Waals surface area contributed by atoms with Gasteiger partial charge in [-0.05, 0) is 88.5 Å². The molecule has 2 heterocycles. The lowest BCUT2D eigenvalue weighted by Crippen LogP contribution is -2.12. The Morgan fingerprint density at radius 1 is 0.392 bits per heavy atom. The van der Waals surface area contributed by atoms with Gasteiger partial charge in [0.15, 0.2) is 0 Å². The smallest absolute Gasteiger partial charge is 0.126 e. The normalized spacial score (nSPS) is 11.1. The van der Waals surface area contributed by atoms with Crippen LogP contribution in [-0.2, 0) is 0 Å². The summed E-state index contributed by atoms with van der Waals surface area (Å²) in [6.45, 7) is 0. The van der Waals surface area contributed by atoms with Crippen molar-refractivity contribution in [2.45, 2.75) is 0 Å². The van der Waals surface area contributed by atoms with Gasteiger partial charge < -0.3 is 4.90 Å². The third kappa shape index (κ3) is 6.45. The van der Waals surface area contributed by atoms with Gasteiger partial charge in [0, 0.05) is 40.8 Å². The Morgan fingerprint density at radius 3 is 1.41 bits per heavy atom. The van der Waals surface area contributed by atoms with Gasteiger partial charge in [-0.2, -0.15) is 0 Å². The summed E-state index contributed by atoms with van der Waals surface area (Å²) in [6, 6.07) is 45.2. The maximum atomic E-state index is 14.4. The van der Waals surface area contributed by atoms with Crippen molar-refractivity contribution in [3.63, 3.8) is 0 Å². The summed E-state index contributed by atoms with van der Waals surface area (Å²) in [5.41, 5.74) is 8.65. The lowest BCUT2D eigenvalue weighted by Gasteiger charge is -2.27. The number of aromatic nitrogens is 2. The van der Waals surface area contributed by atoms with E-state index in [0.717, 1.165) is 34.5 Å². The number of fused-ring (bicyclic) bond motifs is 1. The summed E-state index contributed by atoms with van der Waals surface area (Å²) < 4.78 is 57.5. The first-order chi connectivity index (χ1) is 24.9. The monoisotopic (exact) mass is 673 g/mol. The van der Waals surface area contributed by atoms with E-state index in [9.17, 15) is 17.6 Å². The third-order valence-electron chi connectivity index (χ3n) is 8.67. The van der Waals surface area contributed by atoms with E-state index in [1.54, 1.807) is 18.3 Å². The molecule has 0 radical (unpaired) electrons. The van der Waals surface area contributed by atoms with Crippen LogP contribution in [0, 0.1) is 23.3 Å². The largest absolute Gasteiger partial charge is 0.308 e. The van der Waals surface area contributed by atoms with Crippen molar-refractivity contribution in [1.82, 2.24) is 9.97 Å². The molecule has 51 heavy (non-hydrogen) atoms. The molecule has 0 unspecified atom stereocenters. The molecule has 0 aliphatic carbocycles. The van der Waals surface area contributed by atoms with Gasteiger partial charge in [0.1, 0.15) is 28.8 Å². The number of pyridine rings is 2. The molecule has 6 aromatic carbocycles. The van der Waals surface area contributed by atoms with Crippen LogP contribution in [0.15, 0.2) is 164 Å². The molecule has 0 aliphatic heterocycles. The Bertz CT molecular complexity index is 2400. The summed E-state index contributed by atoms with van der Waals surface area (Å²) in [4.78, 5) is 12.0. The van der Waals surface area contributed by atoms with Gasteiger partial charge in [-0.15, -0.1) is 0 Å². The molecule has 8 aromatic rings. The number of anilines is 3. The fraction of sp³-hybridized carbons (Fsp3) is 0. The van der Waals surface area contributed by atoms with E-state index in [0.29, 0.717) is 50.3 Å². The van der Waals surface area contributed by atoms with Crippen molar-refractivity contribution >= 4 is 28.1 Å². The zero-order valence-corrected chi connectivity index (χ0v) is 26.9. The van der Waals surface area contributed by atoms with Crippen molar-refractivity contribution in [3.05, 3.63) is 187 Å². The fourth-order valence-electron chi connectivity index (χ4n) is 6.40. The van der Waals surface area contributed by atoms with E-state index in [1.807, 2.05) is 114 Å². The first kappa shape index (κ1) is 31.7. The summed E-state index contributed by atoms with van der Waals surface area (Å²) in [7, 11) is 0. The molecule has 0 fully saturated rings. The number of rotatable bonds is 7. The van der Waals surface area contributed by atoms with E-state index < -0.39 is 23.3 Å². The molecular formula is C44H27F4N3. The van der Waals surface area contributed by atoms with Crippen LogP contribution in [0.2, 0.25) is 0 Å². The number of hydrogen-bond donors (Lipinski definition) is 0. The van der Waals surface area contributed by atoms with Crippen molar-refractivity contribution in [2.75, 3.05) is 4.90 Å². The zero-order valence-electron chi connectivity index (χ0n) is 26.9. The number of halogens is 4. The molecule has 0 amide bonds. The van der Waals surface area contributed by atoms with Crippen LogP contribution >= 0.6 is 0 Å². The standard InChI is InChI=1S/C44H27F4N3/c45-34-19-32(20-35(46)25-34)30-13-7-15-38(23-30)51(39-16-8-14-31(24-39)33-21-36(47)26-37(48)22-33)42-17-18-49-43-40(28-9-3-1-4-10-28)27-41(50-44(42)43)29-11-5-2-6-12-29/h1-27H. The van der Waals surface area contributed by atoms with E-state index in [4.69, 9.17) is 9.97 Å². The SMILES string of the molecule is Fc1cc(F)cc(-c2cccc(N(c3cccc(-c4cc(F)cc(F)c4)c3)c3ccnc4c(-c5ccccc5)cc(-c5ccccc5)nc34)c2)c1. The third-order valence-corrected chi connectivity index (χ3v) is 8.67. The minimum atomic E-state index is -0.687. The van der Waals surface area contributed by atoms with Crippen LogP contribution in [-0.4, -0.2) is 9.97 Å².